The van der Waals surface area contributed by atoms with Crippen LogP contribution in [0.3, 0.4) is 0 Å². The molecule has 1 heterocycles. The Kier molecular flexibility index (Phi) is 4.75. The highest BCUT2D eigenvalue weighted by atomic mass is 32.2. The lowest BCUT2D eigenvalue weighted by Crippen LogP contribution is -2.25. The molecule has 0 saturated heterocycles. The molecule has 3 N–H and O–H groups in total. The predicted octanol–water partition coefficient (Wildman–Crippen LogP) is 1.34. The number of anilines is 1. The monoisotopic (exact) mass is 231 g/mol. The first kappa shape index (κ1) is 11.3. The normalized spacial score (nSPS) is 10.1. The fourth-order valence-electron chi connectivity index (χ4n) is 0.791. The zero-order chi connectivity index (χ0) is 10.4. The molecule has 1 amide bonds. The lowest BCUT2D eigenvalue weighted by Gasteiger charge is -2.00. The molecule has 78 valence electrons. The van der Waals surface area contributed by atoms with Crippen molar-refractivity contribution in [2.75, 3.05) is 18.0 Å². The summed E-state index contributed by atoms with van der Waals surface area (Å²) in [6.07, 6.45) is 2.65. The standard InChI is InChI=1S/C8H13N3OS2/c1-2-3-10-6(12)5-13-7-4-11-8(9)14-7/h4H,2-3,5H2,1H3,(H2,9,11)(H,10,12). The number of carbonyl (C=O) groups is 1. The maximum atomic E-state index is 11.2. The van der Waals surface area contributed by atoms with E-state index in [1.807, 2.05) is 6.92 Å². The van der Waals surface area contributed by atoms with Gasteiger partial charge in [0.15, 0.2) is 5.13 Å². The van der Waals surface area contributed by atoms with E-state index in [0.717, 1.165) is 17.2 Å². The molecular formula is C8H13N3OS2. The second-order valence-electron chi connectivity index (χ2n) is 2.66. The third-order valence-corrected chi connectivity index (χ3v) is 3.44. The zero-order valence-electron chi connectivity index (χ0n) is 7.95. The lowest BCUT2D eigenvalue weighted by atomic mass is 10.5. The summed E-state index contributed by atoms with van der Waals surface area (Å²) < 4.78 is 0.981. The summed E-state index contributed by atoms with van der Waals surface area (Å²) in [5.74, 6) is 0.491. The molecule has 0 fully saturated rings. The van der Waals surface area contributed by atoms with Gasteiger partial charge in [-0.05, 0) is 6.42 Å². The molecule has 0 atom stereocenters. The summed E-state index contributed by atoms with van der Waals surface area (Å²) in [4.78, 5) is 15.1. The molecule has 0 radical (unpaired) electrons. The Morgan fingerprint density at radius 1 is 1.79 bits per heavy atom. The fraction of sp³-hybridized carbons (Fsp3) is 0.500. The number of hydrogen-bond donors (Lipinski definition) is 2. The number of thiazole rings is 1. The van der Waals surface area contributed by atoms with E-state index >= 15 is 0 Å². The predicted molar refractivity (Wildman–Crippen MR) is 60.6 cm³/mol. The molecule has 0 saturated carbocycles. The second kappa shape index (κ2) is 5.87. The van der Waals surface area contributed by atoms with Crippen molar-refractivity contribution < 1.29 is 4.79 Å². The van der Waals surface area contributed by atoms with Crippen molar-refractivity contribution in [2.45, 2.75) is 17.6 Å². The Bertz CT molecular complexity index is 301. The van der Waals surface area contributed by atoms with Gasteiger partial charge in [0.05, 0.1) is 16.2 Å². The van der Waals surface area contributed by atoms with Crippen molar-refractivity contribution in [1.82, 2.24) is 10.3 Å². The Balaban J connectivity index is 2.23. The number of nitrogens with one attached hydrogen (secondary N) is 1. The van der Waals surface area contributed by atoms with Crippen LogP contribution in [0, 0.1) is 0 Å². The summed E-state index contributed by atoms with van der Waals surface area (Å²) in [7, 11) is 0. The largest absolute Gasteiger partial charge is 0.375 e. The maximum absolute atomic E-state index is 11.2. The quantitative estimate of drug-likeness (QED) is 0.750. The van der Waals surface area contributed by atoms with E-state index in [1.54, 1.807) is 6.20 Å². The van der Waals surface area contributed by atoms with Crippen LogP contribution in [0.25, 0.3) is 0 Å². The third kappa shape index (κ3) is 3.97. The number of nitrogens with zero attached hydrogens (tertiary/aromatic N) is 1. The summed E-state index contributed by atoms with van der Waals surface area (Å²) in [5, 5.41) is 3.35. The van der Waals surface area contributed by atoms with Crippen LogP contribution in [0.5, 0.6) is 0 Å². The van der Waals surface area contributed by atoms with Crippen molar-refractivity contribution in [3.8, 4) is 0 Å². The Morgan fingerprint density at radius 3 is 3.14 bits per heavy atom. The Hall–Kier alpha value is -0.750. The van der Waals surface area contributed by atoms with E-state index in [-0.39, 0.29) is 5.91 Å². The lowest BCUT2D eigenvalue weighted by molar-refractivity contribution is -0.118. The highest BCUT2D eigenvalue weighted by Crippen LogP contribution is 2.25. The van der Waals surface area contributed by atoms with Gasteiger partial charge in [0.25, 0.3) is 0 Å². The van der Waals surface area contributed by atoms with E-state index < -0.39 is 0 Å². The van der Waals surface area contributed by atoms with Gasteiger partial charge in [-0.2, -0.15) is 0 Å². The third-order valence-electron chi connectivity index (χ3n) is 1.42. The van der Waals surface area contributed by atoms with Gasteiger partial charge in [-0.3, -0.25) is 4.79 Å². The molecule has 14 heavy (non-hydrogen) atoms. The molecular weight excluding hydrogens is 218 g/mol. The molecule has 1 rings (SSSR count). The number of aromatic nitrogens is 1. The van der Waals surface area contributed by atoms with Crippen LogP contribution < -0.4 is 11.1 Å². The number of hydrogen-bond acceptors (Lipinski definition) is 5. The molecule has 0 aliphatic rings. The number of rotatable bonds is 5. The van der Waals surface area contributed by atoms with Crippen LogP contribution in [-0.4, -0.2) is 23.2 Å². The molecule has 0 bridgehead atoms. The van der Waals surface area contributed by atoms with Gasteiger partial charge in [-0.15, -0.1) is 11.8 Å². The van der Waals surface area contributed by atoms with Gasteiger partial charge in [-0.1, -0.05) is 18.3 Å². The summed E-state index contributed by atoms with van der Waals surface area (Å²) in [5.41, 5.74) is 5.46. The Morgan fingerprint density at radius 2 is 2.57 bits per heavy atom. The maximum Gasteiger partial charge on any atom is 0.230 e. The van der Waals surface area contributed by atoms with Crippen molar-refractivity contribution in [2.24, 2.45) is 0 Å². The number of amides is 1. The minimum absolute atomic E-state index is 0.0591. The van der Waals surface area contributed by atoms with Crippen molar-refractivity contribution in [3.63, 3.8) is 0 Å². The number of nitrogens with two attached hydrogens (primary N) is 1. The molecule has 6 heteroatoms. The van der Waals surface area contributed by atoms with Crippen molar-refractivity contribution >= 4 is 34.1 Å². The smallest absolute Gasteiger partial charge is 0.230 e. The van der Waals surface area contributed by atoms with Crippen LogP contribution in [0.15, 0.2) is 10.4 Å². The van der Waals surface area contributed by atoms with Gasteiger partial charge >= 0.3 is 0 Å². The van der Waals surface area contributed by atoms with E-state index in [0.29, 0.717) is 10.9 Å². The average Bonchev–Trinajstić information content (AvgIpc) is 2.58. The first-order chi connectivity index (χ1) is 6.72. The molecule has 0 spiro atoms. The van der Waals surface area contributed by atoms with Crippen LogP contribution in [0.2, 0.25) is 0 Å². The highest BCUT2D eigenvalue weighted by Gasteiger charge is 2.03. The summed E-state index contributed by atoms with van der Waals surface area (Å²) in [6.45, 7) is 2.77. The molecule has 0 aliphatic heterocycles. The number of nitrogen functional groups attached to an aromatic ring is 1. The van der Waals surface area contributed by atoms with Gasteiger partial charge in [0.2, 0.25) is 5.91 Å². The average molecular weight is 231 g/mol. The van der Waals surface area contributed by atoms with E-state index in [4.69, 9.17) is 5.73 Å². The Labute approximate surface area is 91.3 Å². The fourth-order valence-corrected chi connectivity index (χ4v) is 2.38. The highest BCUT2D eigenvalue weighted by molar-refractivity contribution is 8.01. The minimum Gasteiger partial charge on any atom is -0.375 e. The van der Waals surface area contributed by atoms with E-state index in [2.05, 4.69) is 10.3 Å². The summed E-state index contributed by atoms with van der Waals surface area (Å²) >= 11 is 2.87. The minimum atomic E-state index is 0.0591. The molecule has 0 aromatic carbocycles. The SMILES string of the molecule is CCCNC(=O)CSc1cnc(N)s1. The van der Waals surface area contributed by atoms with Gasteiger partial charge in [0, 0.05) is 6.54 Å². The molecule has 0 aliphatic carbocycles. The molecule has 4 nitrogen and oxygen atoms in total. The summed E-state index contributed by atoms with van der Waals surface area (Å²) in [6, 6.07) is 0. The van der Waals surface area contributed by atoms with Gasteiger partial charge in [0.1, 0.15) is 0 Å². The number of carbonyl (C=O) groups excluding carboxylic acids is 1. The topological polar surface area (TPSA) is 68.0 Å². The van der Waals surface area contributed by atoms with Crippen molar-refractivity contribution in [3.05, 3.63) is 6.20 Å². The first-order valence-corrected chi connectivity index (χ1v) is 6.13. The van der Waals surface area contributed by atoms with Crippen LogP contribution in [-0.2, 0) is 4.79 Å². The first-order valence-electron chi connectivity index (χ1n) is 4.33. The second-order valence-corrected chi connectivity index (χ2v) is 4.99. The van der Waals surface area contributed by atoms with E-state index in [9.17, 15) is 4.79 Å². The van der Waals surface area contributed by atoms with Crippen LogP contribution in [0.1, 0.15) is 13.3 Å². The van der Waals surface area contributed by atoms with E-state index in [1.165, 1.54) is 23.1 Å². The van der Waals surface area contributed by atoms with Crippen molar-refractivity contribution in [1.29, 1.82) is 0 Å². The van der Waals surface area contributed by atoms with Crippen LogP contribution >= 0.6 is 23.1 Å². The molecule has 0 unspecified atom stereocenters. The zero-order valence-corrected chi connectivity index (χ0v) is 9.58. The molecule has 1 aromatic heterocycles. The van der Waals surface area contributed by atoms with Gasteiger partial charge in [-0.25, -0.2) is 4.98 Å². The van der Waals surface area contributed by atoms with Gasteiger partial charge < -0.3 is 11.1 Å². The number of thioether (sulfide) groups is 1. The van der Waals surface area contributed by atoms with Crippen LogP contribution in [0.4, 0.5) is 5.13 Å². The molecule has 1 aromatic rings.